The third-order valence-electron chi connectivity index (χ3n) is 3.86. The average Bonchev–Trinajstić information content (AvgIpc) is 2.42. The standard InChI is InChI=1S/C15H22BrN3O/c1-10(2)19-7-5-12(6-8-19)18-15(20)13-9-11(16)3-4-14(13)17/h3-4,9-10,12H,5-8,17H2,1-2H3,(H,18,20). The number of carbonyl (C=O) groups is 1. The van der Waals surface area contributed by atoms with Gasteiger partial charge in [-0.25, -0.2) is 0 Å². The Morgan fingerprint density at radius 1 is 1.40 bits per heavy atom. The molecule has 1 fully saturated rings. The molecule has 2 rings (SSSR count). The van der Waals surface area contributed by atoms with Gasteiger partial charge in [0.05, 0.1) is 5.56 Å². The van der Waals surface area contributed by atoms with E-state index in [0.29, 0.717) is 17.3 Å². The molecule has 0 radical (unpaired) electrons. The number of nitrogens with two attached hydrogens (primary N) is 1. The minimum Gasteiger partial charge on any atom is -0.398 e. The molecule has 1 saturated heterocycles. The molecule has 1 aliphatic heterocycles. The monoisotopic (exact) mass is 339 g/mol. The van der Waals surface area contributed by atoms with Gasteiger partial charge in [0.1, 0.15) is 0 Å². The van der Waals surface area contributed by atoms with E-state index in [1.807, 2.05) is 6.07 Å². The molecule has 0 aliphatic carbocycles. The van der Waals surface area contributed by atoms with E-state index in [9.17, 15) is 4.79 Å². The zero-order chi connectivity index (χ0) is 14.7. The summed E-state index contributed by atoms with van der Waals surface area (Å²) in [6, 6.07) is 6.19. The lowest BCUT2D eigenvalue weighted by atomic mass is 10.0. The number of carbonyl (C=O) groups excluding carboxylic acids is 1. The molecule has 1 aliphatic rings. The summed E-state index contributed by atoms with van der Waals surface area (Å²) in [5, 5.41) is 3.10. The number of piperidine rings is 1. The normalized spacial score (nSPS) is 17.4. The van der Waals surface area contributed by atoms with Crippen LogP contribution in [0.25, 0.3) is 0 Å². The van der Waals surface area contributed by atoms with Gasteiger partial charge in [0.2, 0.25) is 0 Å². The number of amides is 1. The van der Waals surface area contributed by atoms with E-state index >= 15 is 0 Å². The summed E-state index contributed by atoms with van der Waals surface area (Å²) >= 11 is 3.37. The van der Waals surface area contributed by atoms with Crippen LogP contribution in [0.3, 0.4) is 0 Å². The Hall–Kier alpha value is -1.07. The number of hydrogen-bond donors (Lipinski definition) is 2. The number of nitrogens with zero attached hydrogens (tertiary/aromatic N) is 1. The first-order valence-corrected chi connectivity index (χ1v) is 7.86. The van der Waals surface area contributed by atoms with Gasteiger partial charge in [0.15, 0.2) is 0 Å². The Balaban J connectivity index is 1.94. The van der Waals surface area contributed by atoms with Crippen molar-refractivity contribution in [3.8, 4) is 0 Å². The topological polar surface area (TPSA) is 58.4 Å². The number of benzene rings is 1. The maximum atomic E-state index is 12.3. The number of nitrogen functional groups attached to an aromatic ring is 1. The SMILES string of the molecule is CC(C)N1CCC(NC(=O)c2cc(Br)ccc2N)CC1. The Bertz CT molecular complexity index is 482. The van der Waals surface area contributed by atoms with Gasteiger partial charge in [0.25, 0.3) is 5.91 Å². The second-order valence-electron chi connectivity index (χ2n) is 5.61. The van der Waals surface area contributed by atoms with E-state index < -0.39 is 0 Å². The molecule has 1 heterocycles. The van der Waals surface area contributed by atoms with Crippen molar-refractivity contribution < 1.29 is 4.79 Å². The highest BCUT2D eigenvalue weighted by Crippen LogP contribution is 2.19. The molecule has 110 valence electrons. The van der Waals surface area contributed by atoms with Crippen molar-refractivity contribution in [1.29, 1.82) is 0 Å². The number of anilines is 1. The zero-order valence-electron chi connectivity index (χ0n) is 12.0. The second kappa shape index (κ2) is 6.59. The van der Waals surface area contributed by atoms with Gasteiger partial charge in [-0.15, -0.1) is 0 Å². The van der Waals surface area contributed by atoms with Gasteiger partial charge in [-0.05, 0) is 44.9 Å². The summed E-state index contributed by atoms with van der Waals surface area (Å²) in [4.78, 5) is 14.7. The Morgan fingerprint density at radius 3 is 2.65 bits per heavy atom. The average molecular weight is 340 g/mol. The molecule has 1 amide bonds. The van der Waals surface area contributed by atoms with Crippen molar-refractivity contribution in [2.75, 3.05) is 18.8 Å². The number of likely N-dealkylation sites (tertiary alicyclic amines) is 1. The van der Waals surface area contributed by atoms with Crippen LogP contribution in [-0.4, -0.2) is 36.0 Å². The molecule has 20 heavy (non-hydrogen) atoms. The van der Waals surface area contributed by atoms with E-state index in [-0.39, 0.29) is 11.9 Å². The third-order valence-corrected chi connectivity index (χ3v) is 4.35. The number of rotatable bonds is 3. The predicted molar refractivity (Wildman–Crippen MR) is 85.8 cm³/mol. The summed E-state index contributed by atoms with van der Waals surface area (Å²) in [5.41, 5.74) is 6.93. The highest BCUT2D eigenvalue weighted by molar-refractivity contribution is 9.10. The van der Waals surface area contributed by atoms with Crippen LogP contribution in [-0.2, 0) is 0 Å². The maximum Gasteiger partial charge on any atom is 0.253 e. The van der Waals surface area contributed by atoms with Crippen molar-refractivity contribution >= 4 is 27.5 Å². The molecule has 0 saturated carbocycles. The van der Waals surface area contributed by atoms with Gasteiger partial charge in [0, 0.05) is 35.3 Å². The van der Waals surface area contributed by atoms with Gasteiger partial charge >= 0.3 is 0 Å². The molecule has 4 nitrogen and oxygen atoms in total. The van der Waals surface area contributed by atoms with Crippen LogP contribution in [0.4, 0.5) is 5.69 Å². The summed E-state index contributed by atoms with van der Waals surface area (Å²) in [6.45, 7) is 6.50. The van der Waals surface area contributed by atoms with Gasteiger partial charge in [-0.1, -0.05) is 15.9 Å². The van der Waals surface area contributed by atoms with E-state index in [2.05, 4.69) is 40.0 Å². The largest absolute Gasteiger partial charge is 0.398 e. The van der Waals surface area contributed by atoms with Crippen molar-refractivity contribution in [3.63, 3.8) is 0 Å². The number of halogens is 1. The van der Waals surface area contributed by atoms with Crippen LogP contribution in [0.1, 0.15) is 37.0 Å². The van der Waals surface area contributed by atoms with Crippen LogP contribution in [0, 0.1) is 0 Å². The van der Waals surface area contributed by atoms with Gasteiger partial charge < -0.3 is 16.0 Å². The minimum atomic E-state index is -0.0770. The van der Waals surface area contributed by atoms with Crippen LogP contribution < -0.4 is 11.1 Å². The molecular formula is C15H22BrN3O. The zero-order valence-corrected chi connectivity index (χ0v) is 13.6. The first-order chi connectivity index (χ1) is 9.47. The van der Waals surface area contributed by atoms with Crippen molar-refractivity contribution in [2.24, 2.45) is 0 Å². The molecular weight excluding hydrogens is 318 g/mol. The Kier molecular flexibility index (Phi) is 5.05. The van der Waals surface area contributed by atoms with Gasteiger partial charge in [-0.2, -0.15) is 0 Å². The lowest BCUT2D eigenvalue weighted by Gasteiger charge is -2.34. The highest BCUT2D eigenvalue weighted by Gasteiger charge is 2.23. The van der Waals surface area contributed by atoms with Crippen LogP contribution in [0.2, 0.25) is 0 Å². The fourth-order valence-electron chi connectivity index (χ4n) is 2.55. The van der Waals surface area contributed by atoms with Crippen molar-refractivity contribution in [2.45, 2.75) is 38.8 Å². The van der Waals surface area contributed by atoms with Crippen LogP contribution in [0.5, 0.6) is 0 Å². The fourth-order valence-corrected chi connectivity index (χ4v) is 2.91. The highest BCUT2D eigenvalue weighted by atomic mass is 79.9. The smallest absolute Gasteiger partial charge is 0.253 e. The minimum absolute atomic E-state index is 0.0770. The van der Waals surface area contributed by atoms with E-state index in [1.54, 1.807) is 12.1 Å². The van der Waals surface area contributed by atoms with Crippen molar-refractivity contribution in [3.05, 3.63) is 28.2 Å². The van der Waals surface area contributed by atoms with E-state index in [0.717, 1.165) is 30.4 Å². The quantitative estimate of drug-likeness (QED) is 0.832. The second-order valence-corrected chi connectivity index (χ2v) is 6.52. The number of hydrogen-bond acceptors (Lipinski definition) is 3. The molecule has 0 atom stereocenters. The lowest BCUT2D eigenvalue weighted by Crippen LogP contribution is -2.46. The summed E-state index contributed by atoms with van der Waals surface area (Å²) in [5.74, 6) is -0.0770. The maximum absolute atomic E-state index is 12.3. The fraction of sp³-hybridized carbons (Fsp3) is 0.533. The summed E-state index contributed by atoms with van der Waals surface area (Å²) in [7, 11) is 0. The molecule has 0 unspecified atom stereocenters. The first kappa shape index (κ1) is 15.3. The molecule has 0 spiro atoms. The third kappa shape index (κ3) is 3.73. The molecule has 1 aromatic rings. The van der Waals surface area contributed by atoms with E-state index in [4.69, 9.17) is 5.73 Å². The molecule has 0 bridgehead atoms. The molecule has 3 N–H and O–H groups in total. The van der Waals surface area contributed by atoms with Gasteiger partial charge in [-0.3, -0.25) is 4.79 Å². The Morgan fingerprint density at radius 2 is 2.05 bits per heavy atom. The molecule has 5 heteroatoms. The van der Waals surface area contributed by atoms with Crippen molar-refractivity contribution in [1.82, 2.24) is 10.2 Å². The summed E-state index contributed by atoms with van der Waals surface area (Å²) in [6.07, 6.45) is 2.00. The van der Waals surface area contributed by atoms with Crippen LogP contribution in [0.15, 0.2) is 22.7 Å². The number of nitrogens with one attached hydrogen (secondary N) is 1. The summed E-state index contributed by atoms with van der Waals surface area (Å²) < 4.78 is 0.867. The van der Waals surface area contributed by atoms with E-state index in [1.165, 1.54) is 0 Å². The lowest BCUT2D eigenvalue weighted by molar-refractivity contribution is 0.0901. The van der Waals surface area contributed by atoms with Crippen LogP contribution >= 0.6 is 15.9 Å². The molecule has 1 aromatic carbocycles. The predicted octanol–water partition coefficient (Wildman–Crippen LogP) is 2.63. The first-order valence-electron chi connectivity index (χ1n) is 7.07. The molecule has 0 aromatic heterocycles. The Labute approximate surface area is 128 Å².